The summed E-state index contributed by atoms with van der Waals surface area (Å²) in [5.41, 5.74) is 15.3. The number of rotatable bonds is 3. The van der Waals surface area contributed by atoms with Crippen molar-refractivity contribution in [1.82, 2.24) is 14.5 Å². The first kappa shape index (κ1) is 29.6. The highest BCUT2D eigenvalue weighted by Crippen LogP contribution is 2.52. The van der Waals surface area contributed by atoms with Crippen LogP contribution in [0.4, 0.5) is 0 Å². The van der Waals surface area contributed by atoms with Gasteiger partial charge in [0, 0.05) is 37.9 Å². The second-order valence-corrected chi connectivity index (χ2v) is 14.9. The monoisotopic (exact) mass is 693 g/mol. The fraction of sp³-hybridized carbons (Fsp3) is 0.0612. The molecule has 54 heavy (non-hydrogen) atoms. The molecule has 0 saturated heterocycles. The maximum Gasteiger partial charge on any atom is 0.164 e. The van der Waals surface area contributed by atoms with Crippen molar-refractivity contribution < 1.29 is 8.83 Å². The van der Waals surface area contributed by atoms with Gasteiger partial charge in [-0.2, -0.15) is 0 Å². The van der Waals surface area contributed by atoms with E-state index in [1.165, 1.54) is 27.9 Å². The number of aromatic nitrogens is 3. The molecule has 0 fully saturated rings. The summed E-state index contributed by atoms with van der Waals surface area (Å²) in [6, 6.07) is 53.3. The van der Waals surface area contributed by atoms with Crippen LogP contribution in [0.1, 0.15) is 25.0 Å². The van der Waals surface area contributed by atoms with E-state index in [9.17, 15) is 0 Å². The normalized spacial score (nSPS) is 13.5. The summed E-state index contributed by atoms with van der Waals surface area (Å²) in [7, 11) is 0. The van der Waals surface area contributed by atoms with Crippen molar-refractivity contribution in [2.45, 2.75) is 19.3 Å². The van der Waals surface area contributed by atoms with Crippen molar-refractivity contribution in [2.24, 2.45) is 0 Å². The summed E-state index contributed by atoms with van der Waals surface area (Å²) < 4.78 is 15.5. The minimum atomic E-state index is -0.289. The molecule has 11 aromatic rings. The quantitative estimate of drug-likeness (QED) is 0.185. The SMILES string of the molecule is CC1(C)c2c(-c3cccc(-c4nc(-c5cccc6c5oc5ccccc56)nc5ccccc45)c3)cccc2-n2c3c1cccc3c1oc3ccccc3c12. The van der Waals surface area contributed by atoms with E-state index in [-0.39, 0.29) is 5.41 Å². The predicted octanol–water partition coefficient (Wildman–Crippen LogP) is 13.0. The molecule has 7 aromatic carbocycles. The highest BCUT2D eigenvalue weighted by atomic mass is 16.3. The van der Waals surface area contributed by atoms with Crippen molar-refractivity contribution in [3.8, 4) is 39.5 Å². The van der Waals surface area contributed by atoms with E-state index in [4.69, 9.17) is 18.8 Å². The van der Waals surface area contributed by atoms with Crippen LogP contribution in [0.25, 0.3) is 105 Å². The van der Waals surface area contributed by atoms with Gasteiger partial charge in [-0.05, 0) is 70.8 Å². The van der Waals surface area contributed by atoms with E-state index in [2.05, 4.69) is 140 Å². The first-order valence-corrected chi connectivity index (χ1v) is 18.4. The lowest BCUT2D eigenvalue weighted by molar-refractivity contribution is 0.632. The number of fused-ring (bicyclic) bond motifs is 11. The minimum Gasteiger partial charge on any atom is -0.455 e. The fourth-order valence-electron chi connectivity index (χ4n) is 9.19. The molecule has 0 amide bonds. The lowest BCUT2D eigenvalue weighted by Gasteiger charge is -2.36. The lowest BCUT2D eigenvalue weighted by Crippen LogP contribution is -2.27. The van der Waals surface area contributed by atoms with E-state index < -0.39 is 0 Å². The van der Waals surface area contributed by atoms with Crippen molar-refractivity contribution in [1.29, 1.82) is 0 Å². The van der Waals surface area contributed by atoms with Crippen LogP contribution in [0.5, 0.6) is 0 Å². The molecule has 0 spiro atoms. The molecule has 5 nitrogen and oxygen atoms in total. The molecule has 0 bridgehead atoms. The van der Waals surface area contributed by atoms with Gasteiger partial charge in [0.1, 0.15) is 22.3 Å². The van der Waals surface area contributed by atoms with E-state index >= 15 is 0 Å². The van der Waals surface area contributed by atoms with Crippen molar-refractivity contribution >= 4 is 65.8 Å². The number of nitrogens with zero attached hydrogens (tertiary/aromatic N) is 3. The third-order valence-corrected chi connectivity index (χ3v) is 11.6. The maximum atomic E-state index is 6.57. The van der Waals surface area contributed by atoms with Crippen LogP contribution in [0.3, 0.4) is 0 Å². The largest absolute Gasteiger partial charge is 0.455 e. The topological polar surface area (TPSA) is 57.0 Å². The molecule has 4 aromatic heterocycles. The zero-order chi connectivity index (χ0) is 35.7. The van der Waals surface area contributed by atoms with E-state index in [1.807, 2.05) is 30.3 Å². The molecule has 0 aliphatic carbocycles. The Morgan fingerprint density at radius 3 is 2.04 bits per heavy atom. The van der Waals surface area contributed by atoms with Gasteiger partial charge in [-0.25, -0.2) is 9.97 Å². The Balaban J connectivity index is 1.08. The molecule has 0 N–H and O–H groups in total. The molecule has 0 radical (unpaired) electrons. The Hall–Kier alpha value is -6.98. The van der Waals surface area contributed by atoms with Crippen LogP contribution in [-0.2, 0) is 5.41 Å². The van der Waals surface area contributed by atoms with Gasteiger partial charge in [-0.1, -0.05) is 117 Å². The lowest BCUT2D eigenvalue weighted by atomic mass is 9.72. The number of benzene rings is 7. The molecule has 1 aliphatic rings. The summed E-state index contributed by atoms with van der Waals surface area (Å²) in [4.78, 5) is 10.4. The molecule has 1 aliphatic heterocycles. The molecule has 5 heteroatoms. The fourth-order valence-corrected chi connectivity index (χ4v) is 9.19. The molecule has 254 valence electrons. The Labute approximate surface area is 309 Å². The van der Waals surface area contributed by atoms with Crippen LogP contribution >= 0.6 is 0 Å². The summed E-state index contributed by atoms with van der Waals surface area (Å²) >= 11 is 0. The molecule has 5 heterocycles. The standard InChI is InChI=1S/C49H31N3O2/c1-49(2)37-22-11-20-35-44(37)52(45-34-17-5-8-26-41(34)54-47(35)45)39-24-12-18-30(42(39)49)28-13-9-14-29(27-28)43-33-16-3-6-23-38(33)50-48(51-43)36-21-10-19-32-31-15-4-7-25-40(31)53-46(32)36/h3-27H,1-2H3. The van der Waals surface area contributed by atoms with Crippen LogP contribution in [-0.4, -0.2) is 14.5 Å². The highest BCUT2D eigenvalue weighted by Gasteiger charge is 2.38. The van der Waals surface area contributed by atoms with Gasteiger partial charge in [-0.3, -0.25) is 0 Å². The predicted molar refractivity (Wildman–Crippen MR) is 219 cm³/mol. The van der Waals surface area contributed by atoms with Gasteiger partial charge in [-0.15, -0.1) is 0 Å². The molecule has 0 unspecified atom stereocenters. The molecular formula is C49H31N3O2. The number of hydrogen-bond acceptors (Lipinski definition) is 4. The second kappa shape index (κ2) is 10.6. The average molecular weight is 694 g/mol. The summed E-state index contributed by atoms with van der Waals surface area (Å²) in [5.74, 6) is 0.640. The van der Waals surface area contributed by atoms with Gasteiger partial charge in [0.15, 0.2) is 11.4 Å². The van der Waals surface area contributed by atoms with E-state index in [1.54, 1.807) is 0 Å². The Morgan fingerprint density at radius 1 is 0.500 bits per heavy atom. The first-order chi connectivity index (χ1) is 26.5. The molecular weight excluding hydrogens is 663 g/mol. The second-order valence-electron chi connectivity index (χ2n) is 14.9. The highest BCUT2D eigenvalue weighted by molar-refractivity contribution is 6.18. The smallest absolute Gasteiger partial charge is 0.164 e. The van der Waals surface area contributed by atoms with Gasteiger partial charge < -0.3 is 13.4 Å². The van der Waals surface area contributed by atoms with E-state index in [0.717, 1.165) is 82.7 Å². The van der Waals surface area contributed by atoms with Crippen molar-refractivity contribution in [3.05, 3.63) is 163 Å². The Kier molecular flexibility index (Phi) is 5.78. The molecule has 12 rings (SSSR count). The average Bonchev–Trinajstić information content (AvgIpc) is 3.89. The third kappa shape index (κ3) is 3.88. The third-order valence-electron chi connectivity index (χ3n) is 11.6. The van der Waals surface area contributed by atoms with Crippen LogP contribution in [0.15, 0.2) is 160 Å². The van der Waals surface area contributed by atoms with Crippen molar-refractivity contribution in [2.75, 3.05) is 0 Å². The number of hydrogen-bond donors (Lipinski definition) is 0. The minimum absolute atomic E-state index is 0.289. The van der Waals surface area contributed by atoms with E-state index in [0.29, 0.717) is 5.82 Å². The van der Waals surface area contributed by atoms with Crippen molar-refractivity contribution in [3.63, 3.8) is 0 Å². The number of para-hydroxylation sites is 5. The summed E-state index contributed by atoms with van der Waals surface area (Å²) in [5, 5.41) is 5.42. The molecule has 0 atom stereocenters. The maximum absolute atomic E-state index is 6.57. The van der Waals surface area contributed by atoms with Crippen LogP contribution < -0.4 is 0 Å². The van der Waals surface area contributed by atoms with Crippen LogP contribution in [0.2, 0.25) is 0 Å². The van der Waals surface area contributed by atoms with Gasteiger partial charge in [0.25, 0.3) is 0 Å². The van der Waals surface area contributed by atoms with Gasteiger partial charge in [0.05, 0.1) is 28.0 Å². The zero-order valence-corrected chi connectivity index (χ0v) is 29.6. The Bertz CT molecular complexity index is 3380. The van der Waals surface area contributed by atoms with Gasteiger partial charge >= 0.3 is 0 Å². The molecule has 0 saturated carbocycles. The number of furan rings is 2. The van der Waals surface area contributed by atoms with Gasteiger partial charge in [0.2, 0.25) is 0 Å². The Morgan fingerprint density at radius 2 is 1.15 bits per heavy atom. The summed E-state index contributed by atoms with van der Waals surface area (Å²) in [6.07, 6.45) is 0. The van der Waals surface area contributed by atoms with Crippen LogP contribution in [0, 0.1) is 0 Å². The zero-order valence-electron chi connectivity index (χ0n) is 29.6. The summed E-state index contributed by atoms with van der Waals surface area (Å²) in [6.45, 7) is 4.71. The first-order valence-electron chi connectivity index (χ1n) is 18.4.